The molecule has 0 saturated carbocycles. The second kappa shape index (κ2) is 15.3. The Bertz CT molecular complexity index is 1540. The molecule has 3 aromatic rings. The summed E-state index contributed by atoms with van der Waals surface area (Å²) in [5.74, 6) is 0.498. The van der Waals surface area contributed by atoms with Gasteiger partial charge in [0, 0.05) is 43.1 Å². The zero-order chi connectivity index (χ0) is 31.7. The van der Waals surface area contributed by atoms with Crippen LogP contribution in [0.3, 0.4) is 0 Å². The number of carbonyl (C=O) groups excluding carboxylic acids is 2. The fraction of sp³-hybridized carbons (Fsp3) is 0.394. The fourth-order valence-electron chi connectivity index (χ4n) is 5.00. The quantitative estimate of drug-likeness (QED) is 0.259. The molecule has 0 bridgehead atoms. The molecule has 3 aromatic carbocycles. The number of rotatable bonds is 14. The molecule has 44 heavy (non-hydrogen) atoms. The van der Waals surface area contributed by atoms with E-state index < -0.39 is 16.1 Å². The SMILES string of the molecule is CC[C@H](C)NC(=O)[C@@H](Cc1ccccc1)N(Cc1ccccc1Cl)C(=O)CCCN(c1ccc2c(c1)OCCO2)S(C)(=O)=O. The summed E-state index contributed by atoms with van der Waals surface area (Å²) in [7, 11) is -3.67. The van der Waals surface area contributed by atoms with Crippen LogP contribution in [0.5, 0.6) is 11.5 Å². The summed E-state index contributed by atoms with van der Waals surface area (Å²) in [4.78, 5) is 29.3. The van der Waals surface area contributed by atoms with E-state index in [9.17, 15) is 18.0 Å². The smallest absolute Gasteiger partial charge is 0.243 e. The Morgan fingerprint density at radius 1 is 0.977 bits per heavy atom. The minimum Gasteiger partial charge on any atom is -0.486 e. The number of carbonyl (C=O) groups is 2. The predicted octanol–water partition coefficient (Wildman–Crippen LogP) is 5.21. The van der Waals surface area contributed by atoms with E-state index in [1.54, 1.807) is 29.2 Å². The Morgan fingerprint density at radius 3 is 2.34 bits per heavy atom. The Hall–Kier alpha value is -3.76. The summed E-state index contributed by atoms with van der Waals surface area (Å²) in [5.41, 5.74) is 2.05. The summed E-state index contributed by atoms with van der Waals surface area (Å²) < 4.78 is 38.1. The number of ether oxygens (including phenoxy) is 2. The fourth-order valence-corrected chi connectivity index (χ4v) is 6.15. The van der Waals surface area contributed by atoms with Crippen LogP contribution in [0, 0.1) is 0 Å². The van der Waals surface area contributed by atoms with E-state index in [4.69, 9.17) is 21.1 Å². The van der Waals surface area contributed by atoms with E-state index in [0.717, 1.165) is 18.2 Å². The van der Waals surface area contributed by atoms with Crippen LogP contribution in [0.2, 0.25) is 5.02 Å². The summed E-state index contributed by atoms with van der Waals surface area (Å²) in [5, 5.41) is 3.54. The highest BCUT2D eigenvalue weighted by Crippen LogP contribution is 2.35. The number of halogens is 1. The van der Waals surface area contributed by atoms with Gasteiger partial charge in [0.15, 0.2) is 11.5 Å². The second-order valence-corrected chi connectivity index (χ2v) is 13.2. The van der Waals surface area contributed by atoms with Crippen LogP contribution in [-0.4, -0.2) is 63.2 Å². The third-order valence-electron chi connectivity index (χ3n) is 7.54. The van der Waals surface area contributed by atoms with E-state index in [2.05, 4.69) is 5.32 Å². The van der Waals surface area contributed by atoms with Crippen molar-refractivity contribution in [1.29, 1.82) is 0 Å². The lowest BCUT2D eigenvalue weighted by molar-refractivity contribution is -0.141. The van der Waals surface area contributed by atoms with Gasteiger partial charge in [-0.05, 0) is 49.1 Å². The van der Waals surface area contributed by atoms with Gasteiger partial charge in [0.25, 0.3) is 0 Å². The Morgan fingerprint density at radius 2 is 1.66 bits per heavy atom. The van der Waals surface area contributed by atoms with Crippen molar-refractivity contribution in [2.75, 3.05) is 30.3 Å². The maximum atomic E-state index is 14.0. The minimum atomic E-state index is -3.67. The monoisotopic (exact) mass is 641 g/mol. The number of hydrogen-bond donors (Lipinski definition) is 1. The molecule has 0 aromatic heterocycles. The molecule has 0 fully saturated rings. The molecule has 4 rings (SSSR count). The molecule has 0 unspecified atom stereocenters. The average molecular weight is 642 g/mol. The average Bonchev–Trinajstić information content (AvgIpc) is 3.01. The van der Waals surface area contributed by atoms with Crippen molar-refractivity contribution in [3.8, 4) is 11.5 Å². The van der Waals surface area contributed by atoms with Crippen molar-refractivity contribution in [2.45, 2.75) is 58.2 Å². The van der Waals surface area contributed by atoms with Crippen molar-refractivity contribution in [1.82, 2.24) is 10.2 Å². The van der Waals surface area contributed by atoms with Crippen molar-refractivity contribution in [2.24, 2.45) is 0 Å². The standard InChI is InChI=1S/C33H40ClN3O6S/c1-4-24(2)35-33(39)29(21-25-11-6-5-7-12-25)36(23-26-13-8-9-14-28(26)34)32(38)15-10-18-37(44(3,40)41)27-16-17-30-31(22-27)43-20-19-42-30/h5-9,11-14,16-17,22,24,29H,4,10,15,18-21,23H2,1-3H3,(H,35,39)/t24-,29+/m0/s1. The van der Waals surface area contributed by atoms with E-state index >= 15 is 0 Å². The molecule has 9 nitrogen and oxygen atoms in total. The highest BCUT2D eigenvalue weighted by molar-refractivity contribution is 7.92. The summed E-state index contributed by atoms with van der Waals surface area (Å²) in [6.45, 7) is 4.90. The van der Waals surface area contributed by atoms with Gasteiger partial charge in [-0.1, -0.05) is 67.1 Å². The third kappa shape index (κ3) is 8.89. The molecule has 0 saturated heterocycles. The van der Waals surface area contributed by atoms with Gasteiger partial charge in [-0.3, -0.25) is 13.9 Å². The van der Waals surface area contributed by atoms with Crippen LogP contribution >= 0.6 is 11.6 Å². The molecule has 0 radical (unpaired) electrons. The number of anilines is 1. The molecule has 11 heteroatoms. The number of amides is 2. The first-order valence-electron chi connectivity index (χ1n) is 14.8. The molecule has 2 amide bonds. The maximum Gasteiger partial charge on any atom is 0.243 e. The van der Waals surface area contributed by atoms with E-state index in [0.29, 0.717) is 47.4 Å². The van der Waals surface area contributed by atoms with Crippen LogP contribution < -0.4 is 19.1 Å². The van der Waals surface area contributed by atoms with Crippen LogP contribution in [0.25, 0.3) is 0 Å². The zero-order valence-electron chi connectivity index (χ0n) is 25.4. The highest BCUT2D eigenvalue weighted by atomic mass is 35.5. The number of hydrogen-bond acceptors (Lipinski definition) is 6. The molecule has 1 aliphatic heterocycles. The van der Waals surface area contributed by atoms with Gasteiger partial charge in [-0.25, -0.2) is 8.42 Å². The van der Waals surface area contributed by atoms with Crippen molar-refractivity contribution in [3.05, 3.63) is 88.9 Å². The van der Waals surface area contributed by atoms with Crippen LogP contribution in [0.15, 0.2) is 72.8 Å². The summed E-state index contributed by atoms with van der Waals surface area (Å²) in [6, 6.07) is 20.9. The molecule has 1 N–H and O–H groups in total. The van der Waals surface area contributed by atoms with Gasteiger partial charge in [0.2, 0.25) is 21.8 Å². The van der Waals surface area contributed by atoms with Crippen LogP contribution in [0.1, 0.15) is 44.2 Å². The number of nitrogens with zero attached hydrogens (tertiary/aromatic N) is 2. The van der Waals surface area contributed by atoms with E-state index in [1.165, 1.54) is 4.31 Å². The van der Waals surface area contributed by atoms with Gasteiger partial charge in [-0.15, -0.1) is 0 Å². The van der Waals surface area contributed by atoms with Crippen molar-refractivity contribution in [3.63, 3.8) is 0 Å². The Kier molecular flexibility index (Phi) is 11.5. The largest absolute Gasteiger partial charge is 0.486 e. The first kappa shape index (κ1) is 33.1. The van der Waals surface area contributed by atoms with Gasteiger partial charge in [-0.2, -0.15) is 0 Å². The normalized spacial score (nSPS) is 13.9. The van der Waals surface area contributed by atoms with E-state index in [-0.39, 0.29) is 43.8 Å². The zero-order valence-corrected chi connectivity index (χ0v) is 26.9. The lowest BCUT2D eigenvalue weighted by Crippen LogP contribution is -2.52. The molecule has 0 spiro atoms. The molecule has 2 atom stereocenters. The number of nitrogens with one attached hydrogen (secondary N) is 1. The minimum absolute atomic E-state index is 0.0168. The van der Waals surface area contributed by atoms with Crippen LogP contribution in [0.4, 0.5) is 5.69 Å². The Balaban J connectivity index is 1.59. The second-order valence-electron chi connectivity index (χ2n) is 10.9. The number of sulfonamides is 1. The van der Waals surface area contributed by atoms with Gasteiger partial charge < -0.3 is 19.7 Å². The predicted molar refractivity (Wildman–Crippen MR) is 173 cm³/mol. The lowest BCUT2D eigenvalue weighted by Gasteiger charge is -2.33. The third-order valence-corrected chi connectivity index (χ3v) is 9.10. The number of benzene rings is 3. The van der Waals surface area contributed by atoms with Gasteiger partial charge in [0.1, 0.15) is 19.3 Å². The van der Waals surface area contributed by atoms with Crippen molar-refractivity contribution >= 4 is 39.1 Å². The summed E-state index contributed by atoms with van der Waals surface area (Å²) >= 11 is 6.51. The van der Waals surface area contributed by atoms with Crippen LogP contribution in [-0.2, 0) is 32.6 Å². The topological polar surface area (TPSA) is 105 Å². The van der Waals surface area contributed by atoms with Gasteiger partial charge >= 0.3 is 0 Å². The van der Waals surface area contributed by atoms with Gasteiger partial charge in [0.05, 0.1) is 11.9 Å². The first-order chi connectivity index (χ1) is 21.1. The molecular weight excluding hydrogens is 602 g/mol. The maximum absolute atomic E-state index is 14.0. The highest BCUT2D eigenvalue weighted by Gasteiger charge is 2.31. The molecule has 0 aliphatic carbocycles. The Labute approximate surface area is 265 Å². The molecular formula is C33H40ClN3O6S. The molecule has 1 heterocycles. The van der Waals surface area contributed by atoms with Crippen molar-refractivity contribution < 1.29 is 27.5 Å². The molecule has 1 aliphatic rings. The molecule has 236 valence electrons. The van der Waals surface area contributed by atoms with E-state index in [1.807, 2.05) is 62.4 Å². The first-order valence-corrected chi connectivity index (χ1v) is 17.0. The number of fused-ring (bicyclic) bond motifs is 1. The summed E-state index contributed by atoms with van der Waals surface area (Å²) in [6.07, 6.45) is 2.42. The lowest BCUT2D eigenvalue weighted by atomic mass is 10.0.